The van der Waals surface area contributed by atoms with Crippen LogP contribution >= 0.6 is 0 Å². The SMILES string of the molecule is CCCN1C(=O)C=C2C[C@@H]3C=C(C(=O)N[C@H](C)c4cccc5ccccc45)C21C=C3C. The number of carbonyl (C=O) groups excluding carboxylic acids is 2. The Labute approximate surface area is 183 Å². The number of nitrogens with one attached hydrogen (secondary N) is 1. The van der Waals surface area contributed by atoms with E-state index in [1.165, 1.54) is 5.57 Å². The van der Waals surface area contributed by atoms with E-state index in [1.807, 2.05) is 30.0 Å². The summed E-state index contributed by atoms with van der Waals surface area (Å²) < 4.78 is 0. The molecular weight excluding hydrogens is 384 g/mol. The van der Waals surface area contributed by atoms with Crippen LogP contribution in [0.2, 0.25) is 0 Å². The molecule has 6 rings (SSSR count). The third-order valence-electron chi connectivity index (χ3n) is 7.05. The lowest BCUT2D eigenvalue weighted by atomic mass is 9.65. The lowest BCUT2D eigenvalue weighted by molar-refractivity contribution is -0.127. The van der Waals surface area contributed by atoms with Gasteiger partial charge in [0.1, 0.15) is 5.54 Å². The van der Waals surface area contributed by atoms with Crippen molar-refractivity contribution in [2.45, 2.75) is 45.2 Å². The van der Waals surface area contributed by atoms with Gasteiger partial charge in [-0.2, -0.15) is 0 Å². The van der Waals surface area contributed by atoms with Gasteiger partial charge < -0.3 is 10.2 Å². The summed E-state index contributed by atoms with van der Waals surface area (Å²) in [6.07, 6.45) is 7.69. The van der Waals surface area contributed by atoms with Crippen LogP contribution in [0.4, 0.5) is 0 Å². The minimum Gasteiger partial charge on any atom is -0.346 e. The van der Waals surface area contributed by atoms with Crippen molar-refractivity contribution in [3.05, 3.63) is 83.0 Å². The Bertz CT molecular complexity index is 1180. The number of benzene rings is 2. The van der Waals surface area contributed by atoms with Gasteiger partial charge in [-0.25, -0.2) is 0 Å². The van der Waals surface area contributed by atoms with E-state index in [1.54, 1.807) is 6.08 Å². The van der Waals surface area contributed by atoms with E-state index in [-0.39, 0.29) is 23.8 Å². The van der Waals surface area contributed by atoms with Gasteiger partial charge in [-0.3, -0.25) is 9.59 Å². The quantitative estimate of drug-likeness (QED) is 0.715. The van der Waals surface area contributed by atoms with Gasteiger partial charge >= 0.3 is 0 Å². The maximum atomic E-state index is 13.6. The third kappa shape index (κ3) is 2.88. The van der Waals surface area contributed by atoms with Crippen molar-refractivity contribution in [2.24, 2.45) is 5.92 Å². The summed E-state index contributed by atoms with van der Waals surface area (Å²) in [5, 5.41) is 5.55. The van der Waals surface area contributed by atoms with E-state index in [4.69, 9.17) is 0 Å². The zero-order chi connectivity index (χ0) is 21.8. The summed E-state index contributed by atoms with van der Waals surface area (Å²) in [6.45, 7) is 6.84. The Morgan fingerprint density at radius 2 is 2.00 bits per heavy atom. The minimum absolute atomic E-state index is 0.0178. The second-order valence-corrected chi connectivity index (χ2v) is 8.97. The van der Waals surface area contributed by atoms with Crippen LogP contribution in [0.15, 0.2) is 77.4 Å². The standard InChI is InChI=1S/C27H28N2O2/c1-4-12-29-25(30)15-21-13-20-14-24(27(21,29)16-17(20)2)26(31)28-18(3)22-11-7-9-19-8-5-6-10-23(19)22/h5-11,14-16,18,20H,4,12-13H2,1-3H3,(H,28,31)/t18-,20-,27?/m1/s1. The number of rotatable bonds is 5. The molecule has 1 heterocycles. The fraction of sp³-hybridized carbons (Fsp3) is 0.333. The molecule has 0 saturated heterocycles. The molecule has 0 saturated carbocycles. The van der Waals surface area contributed by atoms with Crippen LogP contribution in [0.25, 0.3) is 10.8 Å². The van der Waals surface area contributed by atoms with Crippen LogP contribution in [0.3, 0.4) is 0 Å². The fourth-order valence-electron chi connectivity index (χ4n) is 5.56. The van der Waals surface area contributed by atoms with Crippen molar-refractivity contribution >= 4 is 22.6 Å². The van der Waals surface area contributed by atoms with Crippen LogP contribution in [-0.2, 0) is 9.59 Å². The van der Waals surface area contributed by atoms with Gasteiger partial charge in [-0.1, -0.05) is 67.1 Å². The highest BCUT2D eigenvalue weighted by atomic mass is 16.2. The lowest BCUT2D eigenvalue weighted by Gasteiger charge is -2.48. The van der Waals surface area contributed by atoms with Crippen LogP contribution in [0.1, 0.15) is 45.2 Å². The molecule has 1 aliphatic heterocycles. The van der Waals surface area contributed by atoms with Gasteiger partial charge in [-0.05, 0) is 48.6 Å². The maximum absolute atomic E-state index is 13.6. The van der Waals surface area contributed by atoms with E-state index < -0.39 is 5.54 Å². The molecule has 2 aromatic carbocycles. The van der Waals surface area contributed by atoms with Crippen LogP contribution < -0.4 is 5.32 Å². The number of nitrogens with zero attached hydrogens (tertiary/aromatic N) is 1. The molecule has 2 aromatic rings. The Morgan fingerprint density at radius 3 is 2.81 bits per heavy atom. The molecule has 1 N–H and O–H groups in total. The van der Waals surface area contributed by atoms with Gasteiger partial charge in [0, 0.05) is 24.1 Å². The second-order valence-electron chi connectivity index (χ2n) is 8.97. The lowest BCUT2D eigenvalue weighted by Crippen LogP contribution is -2.56. The first kappa shape index (κ1) is 19.8. The second kappa shape index (κ2) is 7.23. The number of hydrogen-bond donors (Lipinski definition) is 1. The molecule has 2 amide bonds. The zero-order valence-electron chi connectivity index (χ0n) is 18.3. The van der Waals surface area contributed by atoms with E-state index in [2.05, 4.69) is 55.6 Å². The summed E-state index contributed by atoms with van der Waals surface area (Å²) in [7, 11) is 0. The molecule has 3 atom stereocenters. The third-order valence-corrected chi connectivity index (χ3v) is 7.05. The Morgan fingerprint density at radius 1 is 1.23 bits per heavy atom. The fourth-order valence-corrected chi connectivity index (χ4v) is 5.56. The molecule has 1 unspecified atom stereocenters. The number of amides is 2. The van der Waals surface area contributed by atoms with Gasteiger partial charge in [0.25, 0.3) is 0 Å². The highest BCUT2D eigenvalue weighted by Gasteiger charge is 2.55. The summed E-state index contributed by atoms with van der Waals surface area (Å²) in [6, 6.07) is 14.3. The largest absolute Gasteiger partial charge is 0.346 e. The van der Waals surface area contributed by atoms with E-state index in [9.17, 15) is 9.59 Å². The van der Waals surface area contributed by atoms with Gasteiger partial charge in [0.2, 0.25) is 11.8 Å². The first-order chi connectivity index (χ1) is 15.0. The van der Waals surface area contributed by atoms with Crippen LogP contribution in [-0.4, -0.2) is 28.8 Å². The molecule has 0 radical (unpaired) electrons. The highest BCUT2D eigenvalue weighted by molar-refractivity contribution is 6.04. The summed E-state index contributed by atoms with van der Waals surface area (Å²) in [4.78, 5) is 28.4. The average Bonchev–Trinajstić information content (AvgIpc) is 3.04. The van der Waals surface area contributed by atoms with Crippen molar-refractivity contribution in [3.8, 4) is 0 Å². The van der Waals surface area contributed by atoms with Crippen molar-refractivity contribution in [1.29, 1.82) is 0 Å². The maximum Gasteiger partial charge on any atom is 0.250 e. The Kier molecular flexibility index (Phi) is 4.62. The van der Waals surface area contributed by atoms with E-state index >= 15 is 0 Å². The minimum atomic E-state index is -0.714. The average molecular weight is 413 g/mol. The van der Waals surface area contributed by atoms with Gasteiger partial charge in [-0.15, -0.1) is 0 Å². The highest BCUT2D eigenvalue weighted by Crippen LogP contribution is 2.52. The normalized spacial score (nSPS) is 25.1. The molecule has 158 valence electrons. The monoisotopic (exact) mass is 412 g/mol. The first-order valence-corrected chi connectivity index (χ1v) is 11.2. The van der Waals surface area contributed by atoms with Crippen molar-refractivity contribution in [3.63, 3.8) is 0 Å². The summed E-state index contributed by atoms with van der Waals surface area (Å²) >= 11 is 0. The molecule has 4 aliphatic rings. The zero-order valence-corrected chi connectivity index (χ0v) is 18.3. The van der Waals surface area contributed by atoms with Crippen molar-refractivity contribution in [1.82, 2.24) is 10.2 Å². The molecule has 31 heavy (non-hydrogen) atoms. The molecule has 1 spiro atoms. The number of carbonyl (C=O) groups is 2. The van der Waals surface area contributed by atoms with E-state index in [0.29, 0.717) is 12.1 Å². The van der Waals surface area contributed by atoms with Crippen molar-refractivity contribution in [2.75, 3.05) is 6.54 Å². The van der Waals surface area contributed by atoms with E-state index in [0.717, 1.165) is 34.8 Å². The molecule has 0 fully saturated rings. The molecule has 0 aromatic heterocycles. The van der Waals surface area contributed by atoms with Crippen LogP contribution in [0.5, 0.6) is 0 Å². The predicted molar refractivity (Wildman–Crippen MR) is 123 cm³/mol. The molecule has 4 heteroatoms. The summed E-state index contributed by atoms with van der Waals surface area (Å²) in [5.41, 5.74) is 3.39. The number of hydrogen-bond acceptors (Lipinski definition) is 2. The number of allylic oxidation sites excluding steroid dienone is 2. The topological polar surface area (TPSA) is 49.4 Å². The molecular formula is C27H28N2O2. The first-order valence-electron chi connectivity index (χ1n) is 11.2. The summed E-state index contributed by atoms with van der Waals surface area (Å²) in [5.74, 6) is 0.121. The smallest absolute Gasteiger partial charge is 0.250 e. The van der Waals surface area contributed by atoms with Gasteiger partial charge in [0.05, 0.1) is 6.04 Å². The molecule has 2 bridgehead atoms. The molecule has 3 aliphatic carbocycles. The van der Waals surface area contributed by atoms with Crippen LogP contribution in [0, 0.1) is 5.92 Å². The Hall–Kier alpha value is -3.14. The van der Waals surface area contributed by atoms with Gasteiger partial charge in [0.15, 0.2) is 0 Å². The predicted octanol–water partition coefficient (Wildman–Crippen LogP) is 4.84. The van der Waals surface area contributed by atoms with Crippen molar-refractivity contribution < 1.29 is 9.59 Å². The number of fused-ring (bicyclic) bond motifs is 1. The Balaban J connectivity index is 1.50. The molecule has 4 nitrogen and oxygen atoms in total.